The standard InChI is InChI=1S/C18H19N5O3/c1-19-16(24)11-23-8-7-15(22-23)13-6-4-5-12(9-13)14-10-20-18(26-3)21-17(14)25-2/h4-10H,11H2,1-3H3,(H,19,24). The van der Waals surface area contributed by atoms with Gasteiger partial charge in [-0.15, -0.1) is 0 Å². The predicted octanol–water partition coefficient (Wildman–Crippen LogP) is 1.77. The number of carbonyl (C=O) groups is 1. The van der Waals surface area contributed by atoms with Crippen molar-refractivity contribution in [1.29, 1.82) is 0 Å². The average Bonchev–Trinajstić information content (AvgIpc) is 3.15. The summed E-state index contributed by atoms with van der Waals surface area (Å²) in [6.07, 6.45) is 3.43. The van der Waals surface area contributed by atoms with Crippen LogP contribution in [0, 0.1) is 0 Å². The fourth-order valence-electron chi connectivity index (χ4n) is 2.48. The van der Waals surface area contributed by atoms with E-state index in [4.69, 9.17) is 9.47 Å². The molecule has 0 spiro atoms. The van der Waals surface area contributed by atoms with Gasteiger partial charge in [0.1, 0.15) is 6.54 Å². The van der Waals surface area contributed by atoms with Gasteiger partial charge in [-0.3, -0.25) is 9.48 Å². The van der Waals surface area contributed by atoms with E-state index in [-0.39, 0.29) is 18.5 Å². The van der Waals surface area contributed by atoms with Crippen LogP contribution in [0.15, 0.2) is 42.7 Å². The van der Waals surface area contributed by atoms with Crippen LogP contribution in [0.3, 0.4) is 0 Å². The molecule has 0 aliphatic carbocycles. The van der Waals surface area contributed by atoms with Crippen LogP contribution in [-0.2, 0) is 11.3 Å². The molecule has 134 valence electrons. The first-order valence-corrected chi connectivity index (χ1v) is 7.94. The smallest absolute Gasteiger partial charge is 0.319 e. The number of hydrogen-bond acceptors (Lipinski definition) is 6. The van der Waals surface area contributed by atoms with Gasteiger partial charge in [0.25, 0.3) is 0 Å². The van der Waals surface area contributed by atoms with Crippen LogP contribution >= 0.6 is 0 Å². The second-order valence-electron chi connectivity index (χ2n) is 5.43. The molecule has 0 aliphatic rings. The largest absolute Gasteiger partial charge is 0.480 e. The van der Waals surface area contributed by atoms with E-state index in [1.165, 1.54) is 7.11 Å². The van der Waals surface area contributed by atoms with Crippen LogP contribution < -0.4 is 14.8 Å². The molecule has 0 atom stereocenters. The maximum absolute atomic E-state index is 11.5. The van der Waals surface area contributed by atoms with Crippen molar-refractivity contribution in [3.63, 3.8) is 0 Å². The van der Waals surface area contributed by atoms with E-state index in [9.17, 15) is 4.79 Å². The van der Waals surface area contributed by atoms with Gasteiger partial charge in [-0.25, -0.2) is 4.98 Å². The van der Waals surface area contributed by atoms with E-state index in [0.29, 0.717) is 5.88 Å². The highest BCUT2D eigenvalue weighted by Gasteiger charge is 2.12. The fraction of sp³-hybridized carbons (Fsp3) is 0.222. The van der Waals surface area contributed by atoms with Gasteiger partial charge < -0.3 is 14.8 Å². The van der Waals surface area contributed by atoms with Gasteiger partial charge in [-0.1, -0.05) is 18.2 Å². The fourth-order valence-corrected chi connectivity index (χ4v) is 2.48. The molecule has 26 heavy (non-hydrogen) atoms. The lowest BCUT2D eigenvalue weighted by molar-refractivity contribution is -0.121. The second kappa shape index (κ2) is 7.64. The van der Waals surface area contributed by atoms with Gasteiger partial charge in [-0.2, -0.15) is 10.1 Å². The van der Waals surface area contributed by atoms with Crippen molar-refractivity contribution in [2.24, 2.45) is 0 Å². The monoisotopic (exact) mass is 353 g/mol. The third-order valence-electron chi connectivity index (χ3n) is 3.80. The van der Waals surface area contributed by atoms with Gasteiger partial charge in [-0.05, 0) is 17.7 Å². The van der Waals surface area contributed by atoms with Crippen molar-refractivity contribution in [3.05, 3.63) is 42.7 Å². The average molecular weight is 353 g/mol. The number of ether oxygens (including phenoxy) is 2. The SMILES string of the molecule is CNC(=O)Cn1ccc(-c2cccc(-c3cnc(OC)nc3OC)c2)n1. The number of amides is 1. The molecular formula is C18H19N5O3. The third-order valence-corrected chi connectivity index (χ3v) is 3.80. The summed E-state index contributed by atoms with van der Waals surface area (Å²) in [4.78, 5) is 19.8. The molecule has 0 saturated heterocycles. The van der Waals surface area contributed by atoms with Crippen LogP contribution in [0.25, 0.3) is 22.4 Å². The molecule has 0 saturated carbocycles. The van der Waals surface area contributed by atoms with E-state index < -0.39 is 0 Å². The minimum Gasteiger partial charge on any atom is -0.480 e. The maximum Gasteiger partial charge on any atom is 0.319 e. The Morgan fingerprint density at radius 2 is 2.00 bits per heavy atom. The van der Waals surface area contributed by atoms with Crippen molar-refractivity contribution in [1.82, 2.24) is 25.1 Å². The van der Waals surface area contributed by atoms with Gasteiger partial charge in [0, 0.05) is 25.0 Å². The highest BCUT2D eigenvalue weighted by atomic mass is 16.5. The Kier molecular flexibility index (Phi) is 5.12. The Bertz CT molecular complexity index is 923. The first kappa shape index (κ1) is 17.4. The molecule has 3 rings (SSSR count). The summed E-state index contributed by atoms with van der Waals surface area (Å²) in [5.74, 6) is 0.327. The van der Waals surface area contributed by atoms with Gasteiger partial charge in [0.05, 0.1) is 25.5 Å². The topological polar surface area (TPSA) is 91.2 Å². The molecule has 0 aliphatic heterocycles. The molecule has 1 aromatic carbocycles. The number of nitrogens with one attached hydrogen (secondary N) is 1. The summed E-state index contributed by atoms with van der Waals surface area (Å²) in [7, 11) is 4.65. The lowest BCUT2D eigenvalue weighted by atomic mass is 10.0. The molecule has 8 nitrogen and oxygen atoms in total. The third kappa shape index (κ3) is 3.64. The van der Waals surface area contributed by atoms with Crippen LogP contribution in [0.4, 0.5) is 0 Å². The predicted molar refractivity (Wildman–Crippen MR) is 95.9 cm³/mol. The lowest BCUT2D eigenvalue weighted by Crippen LogP contribution is -2.23. The molecular weight excluding hydrogens is 334 g/mol. The number of rotatable bonds is 6. The minimum atomic E-state index is -0.103. The highest BCUT2D eigenvalue weighted by Crippen LogP contribution is 2.31. The van der Waals surface area contributed by atoms with E-state index in [1.807, 2.05) is 30.3 Å². The summed E-state index contributed by atoms with van der Waals surface area (Å²) >= 11 is 0. The Morgan fingerprint density at radius 3 is 2.73 bits per heavy atom. The quantitative estimate of drug-likeness (QED) is 0.726. The number of nitrogens with zero attached hydrogens (tertiary/aromatic N) is 4. The summed E-state index contributed by atoms with van der Waals surface area (Å²) in [6, 6.07) is 9.90. The molecule has 2 heterocycles. The number of likely N-dealkylation sites (N-methyl/N-ethyl adjacent to an activating group) is 1. The van der Waals surface area contributed by atoms with Crippen molar-refractivity contribution in [2.45, 2.75) is 6.54 Å². The van der Waals surface area contributed by atoms with Crippen molar-refractivity contribution in [2.75, 3.05) is 21.3 Å². The Balaban J connectivity index is 1.93. The van der Waals surface area contributed by atoms with Crippen molar-refractivity contribution >= 4 is 5.91 Å². The molecule has 1 N–H and O–H groups in total. The number of hydrogen-bond donors (Lipinski definition) is 1. The highest BCUT2D eigenvalue weighted by molar-refractivity contribution is 5.76. The first-order valence-electron chi connectivity index (χ1n) is 7.94. The first-order chi connectivity index (χ1) is 12.6. The zero-order chi connectivity index (χ0) is 18.5. The maximum atomic E-state index is 11.5. The molecule has 8 heteroatoms. The molecule has 3 aromatic rings. The van der Waals surface area contributed by atoms with Gasteiger partial charge in [0.15, 0.2) is 0 Å². The zero-order valence-electron chi connectivity index (χ0n) is 14.8. The van der Waals surface area contributed by atoms with E-state index in [2.05, 4.69) is 20.4 Å². The molecule has 0 fully saturated rings. The minimum absolute atomic E-state index is 0.103. The second-order valence-corrected chi connectivity index (χ2v) is 5.43. The Hall–Kier alpha value is -3.42. The van der Waals surface area contributed by atoms with Gasteiger partial charge >= 0.3 is 6.01 Å². The van der Waals surface area contributed by atoms with Crippen LogP contribution in [0.1, 0.15) is 0 Å². The summed E-state index contributed by atoms with van der Waals surface area (Å²) in [6.45, 7) is 0.177. The van der Waals surface area contributed by atoms with E-state index in [0.717, 1.165) is 22.4 Å². The summed E-state index contributed by atoms with van der Waals surface area (Å²) < 4.78 is 12.0. The molecule has 0 bridgehead atoms. The van der Waals surface area contributed by atoms with Crippen LogP contribution in [0.5, 0.6) is 11.9 Å². The molecule has 0 radical (unpaired) electrons. The van der Waals surface area contributed by atoms with Crippen LogP contribution in [0.2, 0.25) is 0 Å². The normalized spacial score (nSPS) is 10.4. The van der Waals surface area contributed by atoms with E-state index in [1.54, 1.807) is 31.2 Å². The molecule has 0 unspecified atom stereocenters. The zero-order valence-corrected chi connectivity index (χ0v) is 14.8. The number of carbonyl (C=O) groups excluding carboxylic acids is 1. The van der Waals surface area contributed by atoms with E-state index >= 15 is 0 Å². The summed E-state index contributed by atoms with van der Waals surface area (Å²) in [5, 5.41) is 7.02. The Morgan fingerprint density at radius 1 is 1.19 bits per heavy atom. The number of aromatic nitrogens is 4. The van der Waals surface area contributed by atoms with Gasteiger partial charge in [0.2, 0.25) is 11.8 Å². The molecule has 2 aromatic heterocycles. The van der Waals surface area contributed by atoms with Crippen LogP contribution in [-0.4, -0.2) is 46.9 Å². The van der Waals surface area contributed by atoms with Crippen molar-refractivity contribution in [3.8, 4) is 34.3 Å². The molecule has 1 amide bonds. The number of methoxy groups -OCH3 is 2. The Labute approximate surface area is 150 Å². The summed E-state index contributed by atoms with van der Waals surface area (Å²) in [5.41, 5.74) is 3.32. The van der Waals surface area contributed by atoms with Crippen molar-refractivity contribution < 1.29 is 14.3 Å². The lowest BCUT2D eigenvalue weighted by Gasteiger charge is -2.09. The number of benzene rings is 1.